The van der Waals surface area contributed by atoms with Crippen LogP contribution in [0, 0.1) is 0 Å². The number of nitrogens with zero attached hydrogens (tertiary/aromatic N) is 2. The van der Waals surface area contributed by atoms with Crippen molar-refractivity contribution in [1.29, 1.82) is 0 Å². The summed E-state index contributed by atoms with van der Waals surface area (Å²) in [6, 6.07) is 0.620. The molecule has 0 saturated heterocycles. The molecule has 2 nitrogen and oxygen atoms in total. The zero-order valence-electron chi connectivity index (χ0n) is 18.9. The third-order valence-electron chi connectivity index (χ3n) is 5.70. The number of hydrogen-bond donors (Lipinski definition) is 0. The second kappa shape index (κ2) is 19.4. The first-order valence-corrected chi connectivity index (χ1v) is 11.8. The molecule has 156 valence electrons. The van der Waals surface area contributed by atoms with Gasteiger partial charge in [-0.15, -0.1) is 0 Å². The van der Waals surface area contributed by atoms with Gasteiger partial charge in [0.2, 0.25) is 0 Å². The quantitative estimate of drug-likeness (QED) is 0.181. The monoisotopic (exact) mass is 366 g/mol. The molecule has 0 radical (unpaired) electrons. The Bertz CT molecular complexity index is 297. The highest BCUT2D eigenvalue weighted by atomic mass is 15.2. The van der Waals surface area contributed by atoms with Gasteiger partial charge in [-0.2, -0.15) is 0 Å². The van der Waals surface area contributed by atoms with Crippen molar-refractivity contribution in [2.45, 2.75) is 111 Å². The third-order valence-corrected chi connectivity index (χ3v) is 5.70. The van der Waals surface area contributed by atoms with E-state index in [9.17, 15) is 0 Å². The molecule has 0 saturated carbocycles. The fourth-order valence-corrected chi connectivity index (χ4v) is 3.79. The lowest BCUT2D eigenvalue weighted by Gasteiger charge is -2.31. The van der Waals surface area contributed by atoms with Crippen LogP contribution in [-0.2, 0) is 0 Å². The maximum Gasteiger partial charge on any atom is 0.0276 e. The van der Waals surface area contributed by atoms with Crippen molar-refractivity contribution in [3.05, 3.63) is 12.2 Å². The standard InChI is InChI=1S/C24H50N2/c1-6-11-12-13-14-15-16-17-18-19-21-26(24(8-3)20-7-2)23-22-25(9-4)10-5/h7,20,24H,6,8-19,21-23H2,1-5H3. The van der Waals surface area contributed by atoms with Crippen molar-refractivity contribution in [2.75, 3.05) is 32.7 Å². The van der Waals surface area contributed by atoms with Crippen molar-refractivity contribution >= 4 is 0 Å². The maximum absolute atomic E-state index is 2.73. The lowest BCUT2D eigenvalue weighted by atomic mass is 10.1. The summed E-state index contributed by atoms with van der Waals surface area (Å²) < 4.78 is 0. The van der Waals surface area contributed by atoms with E-state index in [1.165, 1.54) is 103 Å². The summed E-state index contributed by atoms with van der Waals surface area (Å²) in [6.45, 7) is 17.4. The molecule has 26 heavy (non-hydrogen) atoms. The molecule has 0 aromatic carbocycles. The average molecular weight is 367 g/mol. The highest BCUT2D eigenvalue weighted by Gasteiger charge is 2.14. The van der Waals surface area contributed by atoms with E-state index in [2.05, 4.69) is 56.6 Å². The van der Waals surface area contributed by atoms with Crippen LogP contribution in [-0.4, -0.2) is 48.6 Å². The first-order valence-electron chi connectivity index (χ1n) is 11.8. The molecule has 0 heterocycles. The molecular formula is C24H50N2. The predicted molar refractivity (Wildman–Crippen MR) is 120 cm³/mol. The Morgan fingerprint density at radius 2 is 1.19 bits per heavy atom. The summed E-state index contributed by atoms with van der Waals surface area (Å²) in [7, 11) is 0. The van der Waals surface area contributed by atoms with E-state index in [0.717, 1.165) is 0 Å². The zero-order valence-corrected chi connectivity index (χ0v) is 18.9. The van der Waals surface area contributed by atoms with E-state index in [0.29, 0.717) is 6.04 Å². The molecule has 0 bridgehead atoms. The van der Waals surface area contributed by atoms with Crippen LogP contribution in [0.5, 0.6) is 0 Å². The van der Waals surface area contributed by atoms with E-state index in [1.807, 2.05) is 0 Å². The van der Waals surface area contributed by atoms with Crippen LogP contribution in [0.3, 0.4) is 0 Å². The Morgan fingerprint density at radius 1 is 0.654 bits per heavy atom. The van der Waals surface area contributed by atoms with Crippen LogP contribution >= 0.6 is 0 Å². The van der Waals surface area contributed by atoms with Crippen molar-refractivity contribution in [3.63, 3.8) is 0 Å². The normalized spacial score (nSPS) is 13.3. The number of allylic oxidation sites excluding steroid dienone is 1. The fraction of sp³-hybridized carbons (Fsp3) is 0.917. The molecule has 0 aliphatic heterocycles. The van der Waals surface area contributed by atoms with Gasteiger partial charge in [-0.1, -0.05) is 97.6 Å². The van der Waals surface area contributed by atoms with E-state index in [-0.39, 0.29) is 0 Å². The number of hydrogen-bond acceptors (Lipinski definition) is 2. The molecule has 0 amide bonds. The Hall–Kier alpha value is -0.340. The Kier molecular flexibility index (Phi) is 19.2. The summed E-state index contributed by atoms with van der Waals surface area (Å²) in [5, 5.41) is 0. The van der Waals surface area contributed by atoms with Gasteiger partial charge in [-0.3, -0.25) is 4.90 Å². The van der Waals surface area contributed by atoms with Gasteiger partial charge in [0.05, 0.1) is 0 Å². The maximum atomic E-state index is 2.73. The summed E-state index contributed by atoms with van der Waals surface area (Å²) in [4.78, 5) is 5.27. The second-order valence-electron chi connectivity index (χ2n) is 7.75. The largest absolute Gasteiger partial charge is 0.303 e. The molecule has 0 aromatic heterocycles. The highest BCUT2D eigenvalue weighted by Crippen LogP contribution is 2.13. The molecule has 1 atom stereocenters. The summed E-state index contributed by atoms with van der Waals surface area (Å²) in [6.07, 6.45) is 20.1. The van der Waals surface area contributed by atoms with Crippen molar-refractivity contribution in [1.82, 2.24) is 9.80 Å². The predicted octanol–water partition coefficient (Wildman–Crippen LogP) is 6.91. The summed E-state index contributed by atoms with van der Waals surface area (Å²) in [5.41, 5.74) is 0. The first-order chi connectivity index (χ1) is 12.7. The molecule has 0 aliphatic carbocycles. The minimum atomic E-state index is 0.620. The SMILES string of the molecule is CC=CC(CC)N(CCCCCCCCCCCC)CCN(CC)CC. The van der Waals surface area contributed by atoms with Crippen LogP contribution in [0.15, 0.2) is 12.2 Å². The lowest BCUT2D eigenvalue weighted by Crippen LogP contribution is -2.40. The van der Waals surface area contributed by atoms with Gasteiger partial charge in [0.15, 0.2) is 0 Å². The zero-order chi connectivity index (χ0) is 19.5. The van der Waals surface area contributed by atoms with E-state index < -0.39 is 0 Å². The van der Waals surface area contributed by atoms with E-state index in [1.54, 1.807) is 0 Å². The number of unbranched alkanes of at least 4 members (excludes halogenated alkanes) is 9. The summed E-state index contributed by atoms with van der Waals surface area (Å²) >= 11 is 0. The molecular weight excluding hydrogens is 316 g/mol. The van der Waals surface area contributed by atoms with Crippen LogP contribution in [0.2, 0.25) is 0 Å². The first kappa shape index (κ1) is 25.7. The van der Waals surface area contributed by atoms with Gasteiger partial charge in [-0.05, 0) is 39.4 Å². The molecule has 0 fully saturated rings. The molecule has 2 heteroatoms. The fourth-order valence-electron chi connectivity index (χ4n) is 3.79. The van der Waals surface area contributed by atoms with Gasteiger partial charge < -0.3 is 4.90 Å². The third kappa shape index (κ3) is 13.8. The highest BCUT2D eigenvalue weighted by molar-refractivity contribution is 4.92. The van der Waals surface area contributed by atoms with Crippen LogP contribution in [0.1, 0.15) is 105 Å². The van der Waals surface area contributed by atoms with E-state index >= 15 is 0 Å². The lowest BCUT2D eigenvalue weighted by molar-refractivity contribution is 0.180. The summed E-state index contributed by atoms with van der Waals surface area (Å²) in [5.74, 6) is 0. The minimum absolute atomic E-state index is 0.620. The molecule has 0 spiro atoms. The molecule has 0 N–H and O–H groups in total. The Morgan fingerprint density at radius 3 is 1.65 bits per heavy atom. The minimum Gasteiger partial charge on any atom is -0.303 e. The average Bonchev–Trinajstić information content (AvgIpc) is 2.66. The van der Waals surface area contributed by atoms with Crippen molar-refractivity contribution in [3.8, 4) is 0 Å². The molecule has 0 rings (SSSR count). The van der Waals surface area contributed by atoms with Crippen molar-refractivity contribution < 1.29 is 0 Å². The van der Waals surface area contributed by atoms with Gasteiger partial charge in [-0.25, -0.2) is 0 Å². The molecule has 0 aliphatic rings. The van der Waals surface area contributed by atoms with Gasteiger partial charge in [0.1, 0.15) is 0 Å². The van der Waals surface area contributed by atoms with Gasteiger partial charge >= 0.3 is 0 Å². The molecule has 0 aromatic rings. The van der Waals surface area contributed by atoms with Crippen molar-refractivity contribution in [2.24, 2.45) is 0 Å². The number of rotatable bonds is 19. The Balaban J connectivity index is 4.02. The van der Waals surface area contributed by atoms with Gasteiger partial charge in [0.25, 0.3) is 0 Å². The van der Waals surface area contributed by atoms with Crippen LogP contribution in [0.25, 0.3) is 0 Å². The molecule has 1 unspecified atom stereocenters. The topological polar surface area (TPSA) is 6.48 Å². The second-order valence-corrected chi connectivity index (χ2v) is 7.75. The smallest absolute Gasteiger partial charge is 0.0276 e. The van der Waals surface area contributed by atoms with Gasteiger partial charge in [0, 0.05) is 19.1 Å². The van der Waals surface area contributed by atoms with E-state index in [4.69, 9.17) is 0 Å². The van der Waals surface area contributed by atoms with Crippen LogP contribution < -0.4 is 0 Å². The number of likely N-dealkylation sites (N-methyl/N-ethyl adjacent to an activating group) is 1. The Labute approximate surface area is 166 Å². The van der Waals surface area contributed by atoms with Crippen LogP contribution in [0.4, 0.5) is 0 Å².